The first-order valence-corrected chi connectivity index (χ1v) is 10.5. The molecule has 3 atom stereocenters. The maximum absolute atomic E-state index is 13.3. The first kappa shape index (κ1) is 22.5. The molecule has 4 rings (SSSR count). The zero-order valence-electron chi connectivity index (χ0n) is 17.3. The summed E-state index contributed by atoms with van der Waals surface area (Å²) >= 11 is 5.78. The van der Waals surface area contributed by atoms with Crippen molar-refractivity contribution in [2.24, 2.45) is 5.16 Å². The van der Waals surface area contributed by atoms with Crippen LogP contribution >= 0.6 is 11.6 Å². The van der Waals surface area contributed by atoms with Gasteiger partial charge in [0.1, 0.15) is 35.3 Å². The van der Waals surface area contributed by atoms with Gasteiger partial charge in [-0.25, -0.2) is 14.4 Å². The number of rotatable bonds is 6. The van der Waals surface area contributed by atoms with Crippen LogP contribution in [0.15, 0.2) is 29.4 Å². The van der Waals surface area contributed by atoms with Crippen molar-refractivity contribution in [1.82, 2.24) is 15.3 Å². The maximum atomic E-state index is 13.3. The van der Waals surface area contributed by atoms with Crippen molar-refractivity contribution in [2.45, 2.75) is 38.2 Å². The fourth-order valence-corrected chi connectivity index (χ4v) is 3.58. The number of ether oxygens (including phenoxy) is 2. The summed E-state index contributed by atoms with van der Waals surface area (Å²) in [5, 5.41) is 16.0. The molecular formula is C21H22ClFN4O5. The van der Waals surface area contributed by atoms with Gasteiger partial charge in [0.15, 0.2) is 6.10 Å². The van der Waals surface area contributed by atoms with E-state index >= 15 is 0 Å². The van der Waals surface area contributed by atoms with Crippen molar-refractivity contribution in [3.63, 3.8) is 0 Å². The highest BCUT2D eigenvalue weighted by atomic mass is 35.5. The SMILES string of the molecule is Cc1nc(C(=O)NCc2ccc(F)c(Cl)c2)cc(C2=NOC(C3COC(CO)CO3)C2)n1. The summed E-state index contributed by atoms with van der Waals surface area (Å²) in [6.45, 7) is 2.33. The topological polar surface area (TPSA) is 115 Å². The monoisotopic (exact) mass is 464 g/mol. The Balaban J connectivity index is 1.39. The molecule has 0 bridgehead atoms. The molecule has 11 heteroatoms. The molecule has 0 saturated carbocycles. The van der Waals surface area contributed by atoms with E-state index in [0.717, 1.165) is 0 Å². The number of aliphatic hydroxyl groups excluding tert-OH is 1. The van der Waals surface area contributed by atoms with Gasteiger partial charge < -0.3 is 24.7 Å². The lowest BCUT2D eigenvalue weighted by atomic mass is 10.0. The molecule has 0 spiro atoms. The highest BCUT2D eigenvalue weighted by molar-refractivity contribution is 6.30. The average molecular weight is 465 g/mol. The number of amides is 1. The van der Waals surface area contributed by atoms with Gasteiger partial charge in [-0.3, -0.25) is 4.79 Å². The zero-order chi connectivity index (χ0) is 22.7. The highest BCUT2D eigenvalue weighted by Crippen LogP contribution is 2.23. The Morgan fingerprint density at radius 3 is 2.81 bits per heavy atom. The van der Waals surface area contributed by atoms with Crippen LogP contribution in [0.5, 0.6) is 0 Å². The molecule has 1 saturated heterocycles. The maximum Gasteiger partial charge on any atom is 0.270 e. The van der Waals surface area contributed by atoms with Crippen molar-refractivity contribution >= 4 is 23.2 Å². The average Bonchev–Trinajstić information content (AvgIpc) is 3.30. The number of carbonyl (C=O) groups excluding carboxylic acids is 1. The molecule has 2 aromatic rings. The lowest BCUT2D eigenvalue weighted by Gasteiger charge is -2.30. The van der Waals surface area contributed by atoms with Crippen LogP contribution in [0.2, 0.25) is 5.02 Å². The van der Waals surface area contributed by atoms with Gasteiger partial charge in [-0.05, 0) is 30.7 Å². The number of aryl methyl sites for hydroxylation is 1. The van der Waals surface area contributed by atoms with E-state index in [9.17, 15) is 9.18 Å². The fourth-order valence-electron chi connectivity index (χ4n) is 3.38. The highest BCUT2D eigenvalue weighted by Gasteiger charge is 2.35. The van der Waals surface area contributed by atoms with Crippen molar-refractivity contribution in [3.8, 4) is 0 Å². The molecule has 32 heavy (non-hydrogen) atoms. The summed E-state index contributed by atoms with van der Waals surface area (Å²) < 4.78 is 24.5. The van der Waals surface area contributed by atoms with Crippen LogP contribution in [-0.4, -0.2) is 64.8 Å². The van der Waals surface area contributed by atoms with E-state index in [1.165, 1.54) is 12.1 Å². The lowest BCUT2D eigenvalue weighted by molar-refractivity contribution is -0.178. The van der Waals surface area contributed by atoms with E-state index in [0.29, 0.717) is 35.8 Å². The number of halogens is 2. The molecular weight excluding hydrogens is 443 g/mol. The molecule has 2 N–H and O–H groups in total. The van der Waals surface area contributed by atoms with Crippen LogP contribution in [0, 0.1) is 12.7 Å². The Bertz CT molecular complexity index is 1030. The normalized spacial score (nSPS) is 22.9. The molecule has 2 aliphatic heterocycles. The lowest BCUT2D eigenvalue weighted by Crippen LogP contribution is -2.43. The third-order valence-electron chi connectivity index (χ3n) is 5.11. The third-order valence-corrected chi connectivity index (χ3v) is 5.40. The number of aromatic nitrogens is 2. The third kappa shape index (κ3) is 5.21. The molecule has 1 aromatic carbocycles. The summed E-state index contributed by atoms with van der Waals surface area (Å²) in [5.41, 5.74) is 1.90. The van der Waals surface area contributed by atoms with Gasteiger partial charge in [0.25, 0.3) is 5.91 Å². The van der Waals surface area contributed by atoms with Crippen LogP contribution < -0.4 is 5.32 Å². The molecule has 1 fully saturated rings. The van der Waals surface area contributed by atoms with Crippen LogP contribution in [0.4, 0.5) is 4.39 Å². The largest absolute Gasteiger partial charge is 0.394 e. The van der Waals surface area contributed by atoms with E-state index < -0.39 is 11.7 Å². The minimum absolute atomic E-state index is 0.00931. The van der Waals surface area contributed by atoms with Gasteiger partial charge in [-0.1, -0.05) is 22.8 Å². The van der Waals surface area contributed by atoms with E-state index in [1.54, 1.807) is 19.1 Å². The van der Waals surface area contributed by atoms with Gasteiger partial charge >= 0.3 is 0 Å². The number of nitrogens with one attached hydrogen (secondary N) is 1. The predicted molar refractivity (Wildman–Crippen MR) is 112 cm³/mol. The minimum Gasteiger partial charge on any atom is -0.394 e. The molecule has 3 unspecified atom stereocenters. The van der Waals surface area contributed by atoms with E-state index in [-0.39, 0.29) is 48.8 Å². The zero-order valence-corrected chi connectivity index (χ0v) is 18.0. The number of oxime groups is 1. The fraction of sp³-hybridized carbons (Fsp3) is 0.429. The predicted octanol–water partition coefficient (Wildman–Crippen LogP) is 1.78. The Morgan fingerprint density at radius 1 is 1.25 bits per heavy atom. The van der Waals surface area contributed by atoms with Crippen molar-refractivity contribution in [3.05, 3.63) is 57.9 Å². The van der Waals surface area contributed by atoms with E-state index in [1.807, 2.05) is 0 Å². The van der Waals surface area contributed by atoms with Crippen molar-refractivity contribution < 1.29 is 28.6 Å². The van der Waals surface area contributed by atoms with Crippen LogP contribution in [0.1, 0.15) is 34.0 Å². The molecule has 1 aromatic heterocycles. The second kappa shape index (κ2) is 9.86. The number of carbonyl (C=O) groups is 1. The standard InChI is InChI=1S/C21H22ClFN4O5/c1-11-25-16(17-6-19(32-27-17)20-10-30-13(8-28)9-31-20)5-18(26-11)21(29)24-7-12-2-3-15(23)14(22)4-12/h2-5,13,19-20,28H,6-10H2,1H3,(H,24,29). The van der Waals surface area contributed by atoms with Crippen molar-refractivity contribution in [1.29, 1.82) is 0 Å². The summed E-state index contributed by atoms with van der Waals surface area (Å²) in [6.07, 6.45) is -0.555. The van der Waals surface area contributed by atoms with Crippen LogP contribution in [0.3, 0.4) is 0 Å². The number of hydrogen-bond donors (Lipinski definition) is 2. The summed E-state index contributed by atoms with van der Waals surface area (Å²) in [6, 6.07) is 5.79. The Labute approximate surface area is 188 Å². The summed E-state index contributed by atoms with van der Waals surface area (Å²) in [4.78, 5) is 26.7. The molecule has 170 valence electrons. The van der Waals surface area contributed by atoms with Crippen molar-refractivity contribution in [2.75, 3.05) is 19.8 Å². The molecule has 0 aliphatic carbocycles. The van der Waals surface area contributed by atoms with Gasteiger partial charge in [-0.2, -0.15) is 0 Å². The Morgan fingerprint density at radius 2 is 2.09 bits per heavy atom. The number of benzene rings is 1. The Kier molecular flexibility index (Phi) is 6.95. The summed E-state index contributed by atoms with van der Waals surface area (Å²) in [5.74, 6) is -0.520. The van der Waals surface area contributed by atoms with Gasteiger partial charge in [-0.15, -0.1) is 0 Å². The first-order valence-electron chi connectivity index (χ1n) is 10.1. The quantitative estimate of drug-likeness (QED) is 0.669. The number of nitrogens with zero attached hydrogens (tertiary/aromatic N) is 3. The van der Waals surface area contributed by atoms with E-state index in [4.69, 9.17) is 31.0 Å². The first-order chi connectivity index (χ1) is 15.4. The molecule has 3 heterocycles. The summed E-state index contributed by atoms with van der Waals surface area (Å²) in [7, 11) is 0. The van der Waals surface area contributed by atoms with Crippen LogP contribution in [-0.2, 0) is 20.9 Å². The van der Waals surface area contributed by atoms with Gasteiger partial charge in [0.05, 0.1) is 30.5 Å². The smallest absolute Gasteiger partial charge is 0.270 e. The molecule has 1 amide bonds. The number of hydrogen-bond acceptors (Lipinski definition) is 8. The number of aliphatic hydroxyl groups is 1. The second-order valence-corrected chi connectivity index (χ2v) is 7.92. The van der Waals surface area contributed by atoms with E-state index in [2.05, 4.69) is 20.4 Å². The van der Waals surface area contributed by atoms with Gasteiger partial charge in [0.2, 0.25) is 0 Å². The second-order valence-electron chi connectivity index (χ2n) is 7.51. The van der Waals surface area contributed by atoms with Gasteiger partial charge in [0, 0.05) is 13.0 Å². The minimum atomic E-state index is -0.519. The van der Waals surface area contributed by atoms with Crippen LogP contribution in [0.25, 0.3) is 0 Å². The molecule has 2 aliphatic rings. The molecule has 9 nitrogen and oxygen atoms in total. The Hall–Kier alpha value is -2.66. The molecule has 0 radical (unpaired) electrons.